The van der Waals surface area contributed by atoms with Gasteiger partial charge in [-0.3, -0.25) is 0 Å². The van der Waals surface area contributed by atoms with Gasteiger partial charge < -0.3 is 0 Å². The maximum absolute atomic E-state index is 2.51. The minimum absolute atomic E-state index is 0.846. The molecular weight excluding hydrogens is 180 g/mol. The van der Waals surface area contributed by atoms with Crippen molar-refractivity contribution >= 4 is 0 Å². The van der Waals surface area contributed by atoms with E-state index >= 15 is 0 Å². The minimum atomic E-state index is 0.846. The predicted octanol–water partition coefficient (Wildman–Crippen LogP) is 5.48. The molecule has 0 bridgehead atoms. The number of unbranched alkanes of at least 4 members (excludes halogenated alkanes) is 6. The highest BCUT2D eigenvalue weighted by molar-refractivity contribution is 5.17. The highest BCUT2D eigenvalue weighted by atomic mass is 14.2. The van der Waals surface area contributed by atoms with Gasteiger partial charge in [0.1, 0.15) is 0 Å². The summed E-state index contributed by atoms with van der Waals surface area (Å²) in [7, 11) is 0. The van der Waals surface area contributed by atoms with E-state index in [-0.39, 0.29) is 0 Å². The summed E-state index contributed by atoms with van der Waals surface area (Å²) >= 11 is 0. The van der Waals surface area contributed by atoms with E-state index in [4.69, 9.17) is 0 Å². The maximum atomic E-state index is 2.51. The second-order valence-corrected chi connectivity index (χ2v) is 5.21. The average molecular weight is 208 g/mol. The zero-order valence-electron chi connectivity index (χ0n) is 10.7. The molecule has 15 heavy (non-hydrogen) atoms. The standard InChI is InChI=1S/C15H28/c1-3-4-5-6-7-8-9-10-14(2)13-15-11-12-15/h13-14H,3-12H2,1-2H3. The number of rotatable bonds is 9. The van der Waals surface area contributed by atoms with Gasteiger partial charge in [0.25, 0.3) is 0 Å². The van der Waals surface area contributed by atoms with Crippen LogP contribution in [0, 0.1) is 5.92 Å². The summed E-state index contributed by atoms with van der Waals surface area (Å²) in [4.78, 5) is 0. The minimum Gasteiger partial charge on any atom is -0.0825 e. The first-order chi connectivity index (χ1) is 7.33. The molecule has 0 radical (unpaired) electrons. The van der Waals surface area contributed by atoms with Crippen LogP contribution in [0.1, 0.15) is 78.1 Å². The van der Waals surface area contributed by atoms with E-state index in [2.05, 4.69) is 19.9 Å². The smallest absolute Gasteiger partial charge is 0.0259 e. The molecular formula is C15H28. The van der Waals surface area contributed by atoms with Gasteiger partial charge in [-0.15, -0.1) is 0 Å². The van der Waals surface area contributed by atoms with Crippen molar-refractivity contribution in [2.45, 2.75) is 78.1 Å². The SMILES string of the molecule is CCCCCCCCCC(C)C=C1CC1. The van der Waals surface area contributed by atoms with E-state index in [0.29, 0.717) is 0 Å². The van der Waals surface area contributed by atoms with Crippen molar-refractivity contribution in [2.24, 2.45) is 5.92 Å². The van der Waals surface area contributed by atoms with Crippen LogP contribution in [0.5, 0.6) is 0 Å². The van der Waals surface area contributed by atoms with E-state index in [1.165, 1.54) is 64.2 Å². The molecule has 1 aliphatic rings. The van der Waals surface area contributed by atoms with Gasteiger partial charge in [-0.2, -0.15) is 0 Å². The van der Waals surface area contributed by atoms with Crippen molar-refractivity contribution in [1.82, 2.24) is 0 Å². The Morgan fingerprint density at radius 2 is 1.60 bits per heavy atom. The van der Waals surface area contributed by atoms with Gasteiger partial charge >= 0.3 is 0 Å². The molecule has 1 atom stereocenters. The Kier molecular flexibility index (Phi) is 6.80. The fourth-order valence-corrected chi connectivity index (χ4v) is 2.15. The molecule has 88 valence electrons. The van der Waals surface area contributed by atoms with Crippen LogP contribution in [0.2, 0.25) is 0 Å². The first-order valence-corrected chi connectivity index (χ1v) is 7.02. The maximum Gasteiger partial charge on any atom is -0.0259 e. The highest BCUT2D eigenvalue weighted by Gasteiger charge is 2.11. The van der Waals surface area contributed by atoms with Crippen molar-refractivity contribution < 1.29 is 0 Å². The Morgan fingerprint density at radius 1 is 1.00 bits per heavy atom. The molecule has 0 N–H and O–H groups in total. The lowest BCUT2D eigenvalue weighted by molar-refractivity contribution is 0.537. The number of hydrogen-bond donors (Lipinski definition) is 0. The van der Waals surface area contributed by atoms with Gasteiger partial charge in [0, 0.05) is 0 Å². The molecule has 0 aromatic heterocycles. The Labute approximate surface area is 96.2 Å². The highest BCUT2D eigenvalue weighted by Crippen LogP contribution is 2.30. The van der Waals surface area contributed by atoms with E-state index in [1.807, 2.05) is 0 Å². The molecule has 1 unspecified atom stereocenters. The summed E-state index contributed by atoms with van der Waals surface area (Å²) in [6, 6.07) is 0. The van der Waals surface area contributed by atoms with Crippen molar-refractivity contribution in [1.29, 1.82) is 0 Å². The fourth-order valence-electron chi connectivity index (χ4n) is 2.15. The summed E-state index contributed by atoms with van der Waals surface area (Å²) in [5.41, 5.74) is 1.71. The Bertz CT molecular complexity index is 172. The predicted molar refractivity (Wildman–Crippen MR) is 69.1 cm³/mol. The van der Waals surface area contributed by atoms with Crippen molar-refractivity contribution in [3.05, 3.63) is 11.6 Å². The molecule has 0 nitrogen and oxygen atoms in total. The van der Waals surface area contributed by atoms with Crippen LogP contribution in [0.15, 0.2) is 11.6 Å². The molecule has 0 aliphatic heterocycles. The number of hydrogen-bond acceptors (Lipinski definition) is 0. The third-order valence-electron chi connectivity index (χ3n) is 3.32. The first-order valence-electron chi connectivity index (χ1n) is 7.02. The number of allylic oxidation sites excluding steroid dienone is 2. The quantitative estimate of drug-likeness (QED) is 0.347. The van der Waals surface area contributed by atoms with Crippen LogP contribution in [0.3, 0.4) is 0 Å². The monoisotopic (exact) mass is 208 g/mol. The Hall–Kier alpha value is -0.260. The zero-order chi connectivity index (χ0) is 10.9. The van der Waals surface area contributed by atoms with Crippen LogP contribution >= 0.6 is 0 Å². The molecule has 0 spiro atoms. The van der Waals surface area contributed by atoms with Gasteiger partial charge in [-0.25, -0.2) is 0 Å². The molecule has 0 heterocycles. The molecule has 0 heteroatoms. The molecule has 1 aliphatic carbocycles. The van der Waals surface area contributed by atoms with E-state index in [9.17, 15) is 0 Å². The normalized spacial score (nSPS) is 16.5. The topological polar surface area (TPSA) is 0 Å². The molecule has 1 saturated carbocycles. The van der Waals surface area contributed by atoms with E-state index in [1.54, 1.807) is 5.57 Å². The lowest BCUT2D eigenvalue weighted by atomic mass is 10.0. The average Bonchev–Trinajstić information content (AvgIpc) is 3.00. The van der Waals surface area contributed by atoms with Gasteiger partial charge in [-0.1, -0.05) is 70.4 Å². The first kappa shape index (κ1) is 12.8. The summed E-state index contributed by atoms with van der Waals surface area (Å²) in [5, 5.41) is 0. The van der Waals surface area contributed by atoms with E-state index in [0.717, 1.165) is 5.92 Å². The zero-order valence-corrected chi connectivity index (χ0v) is 10.7. The summed E-state index contributed by atoms with van der Waals surface area (Å²) < 4.78 is 0. The van der Waals surface area contributed by atoms with Crippen molar-refractivity contribution in [3.63, 3.8) is 0 Å². The van der Waals surface area contributed by atoms with Crippen molar-refractivity contribution in [3.8, 4) is 0 Å². The second-order valence-electron chi connectivity index (χ2n) is 5.21. The third kappa shape index (κ3) is 7.64. The van der Waals surface area contributed by atoms with Crippen LogP contribution in [-0.2, 0) is 0 Å². The van der Waals surface area contributed by atoms with Crippen LogP contribution in [0.4, 0.5) is 0 Å². The van der Waals surface area contributed by atoms with Gasteiger partial charge in [-0.05, 0) is 25.2 Å². The fraction of sp³-hybridized carbons (Fsp3) is 0.867. The summed E-state index contributed by atoms with van der Waals surface area (Å²) in [6.07, 6.45) is 16.8. The molecule has 1 rings (SSSR count). The lowest BCUT2D eigenvalue weighted by Crippen LogP contribution is -1.89. The molecule has 0 saturated heterocycles. The lowest BCUT2D eigenvalue weighted by Gasteiger charge is -2.05. The summed E-state index contributed by atoms with van der Waals surface area (Å²) in [5.74, 6) is 0.846. The van der Waals surface area contributed by atoms with Crippen LogP contribution in [0.25, 0.3) is 0 Å². The Balaban J connectivity index is 1.81. The molecule has 1 fully saturated rings. The molecule has 0 aromatic rings. The van der Waals surface area contributed by atoms with Crippen LogP contribution < -0.4 is 0 Å². The Morgan fingerprint density at radius 3 is 2.20 bits per heavy atom. The molecule has 0 aromatic carbocycles. The van der Waals surface area contributed by atoms with Gasteiger partial charge in [0.05, 0.1) is 0 Å². The third-order valence-corrected chi connectivity index (χ3v) is 3.32. The second kappa shape index (κ2) is 7.96. The summed E-state index contributed by atoms with van der Waals surface area (Å²) in [6.45, 7) is 4.66. The van der Waals surface area contributed by atoms with E-state index < -0.39 is 0 Å². The van der Waals surface area contributed by atoms with Crippen LogP contribution in [-0.4, -0.2) is 0 Å². The molecule has 0 amide bonds. The van der Waals surface area contributed by atoms with Gasteiger partial charge in [0.2, 0.25) is 0 Å². The van der Waals surface area contributed by atoms with Crippen molar-refractivity contribution in [2.75, 3.05) is 0 Å². The van der Waals surface area contributed by atoms with Gasteiger partial charge in [0.15, 0.2) is 0 Å². The largest absolute Gasteiger partial charge is 0.0825 e.